The molecule has 1 aromatic heterocycles. The summed E-state index contributed by atoms with van der Waals surface area (Å²) in [6, 6.07) is 5.56. The molecule has 2 atom stereocenters. The number of hydrogen-bond acceptors (Lipinski definition) is 5. The van der Waals surface area contributed by atoms with Crippen LogP contribution in [0.3, 0.4) is 0 Å². The van der Waals surface area contributed by atoms with E-state index in [0.717, 1.165) is 24.3 Å². The average molecular weight is 288 g/mol. The summed E-state index contributed by atoms with van der Waals surface area (Å²) in [6.07, 6.45) is 2.66. The molecule has 4 nitrogen and oxygen atoms in total. The highest BCUT2D eigenvalue weighted by molar-refractivity contribution is 7.16. The van der Waals surface area contributed by atoms with Gasteiger partial charge in [0, 0.05) is 25.2 Å². The Morgan fingerprint density at radius 1 is 1.35 bits per heavy atom. The summed E-state index contributed by atoms with van der Waals surface area (Å²) in [5.74, 6) is 0. The summed E-state index contributed by atoms with van der Waals surface area (Å²) in [6.45, 7) is 5.82. The Kier molecular flexibility index (Phi) is 2.86. The van der Waals surface area contributed by atoms with Crippen LogP contribution < -0.4 is 10.6 Å². The third-order valence-corrected chi connectivity index (χ3v) is 5.56. The second kappa shape index (κ2) is 4.60. The Morgan fingerprint density at radius 3 is 3.15 bits per heavy atom. The fourth-order valence-corrected chi connectivity index (χ4v) is 4.41. The molecule has 2 unspecified atom stereocenters. The predicted molar refractivity (Wildman–Crippen MR) is 85.4 cm³/mol. The van der Waals surface area contributed by atoms with Crippen molar-refractivity contribution in [1.82, 2.24) is 9.88 Å². The van der Waals surface area contributed by atoms with Gasteiger partial charge < -0.3 is 10.6 Å². The molecule has 0 spiro atoms. The molecule has 106 valence electrons. The maximum atomic E-state index is 6.38. The third-order valence-electron chi connectivity index (χ3n) is 4.77. The van der Waals surface area contributed by atoms with Crippen LogP contribution in [0.15, 0.2) is 17.6 Å². The van der Waals surface area contributed by atoms with Gasteiger partial charge in [0.15, 0.2) is 0 Å². The van der Waals surface area contributed by atoms with Crippen molar-refractivity contribution in [2.24, 2.45) is 0 Å². The largest absolute Gasteiger partial charge is 0.395 e. The van der Waals surface area contributed by atoms with Crippen molar-refractivity contribution in [2.75, 3.05) is 30.3 Å². The van der Waals surface area contributed by atoms with Gasteiger partial charge in [-0.15, -0.1) is 11.3 Å². The lowest BCUT2D eigenvalue weighted by Crippen LogP contribution is -2.55. The fourth-order valence-electron chi connectivity index (χ4n) is 3.71. The lowest BCUT2D eigenvalue weighted by Gasteiger charge is -2.44. The van der Waals surface area contributed by atoms with Crippen LogP contribution in [0.1, 0.15) is 19.8 Å². The summed E-state index contributed by atoms with van der Waals surface area (Å²) in [5, 5.41) is 0. The molecular weight excluding hydrogens is 268 g/mol. The second-order valence-corrected chi connectivity index (χ2v) is 6.88. The first kappa shape index (κ1) is 12.4. The highest BCUT2D eigenvalue weighted by Gasteiger charge is 2.35. The van der Waals surface area contributed by atoms with Gasteiger partial charge in [-0.1, -0.05) is 0 Å². The Balaban J connectivity index is 1.72. The summed E-state index contributed by atoms with van der Waals surface area (Å²) in [7, 11) is 0. The molecule has 4 rings (SSSR count). The van der Waals surface area contributed by atoms with Gasteiger partial charge in [-0.25, -0.2) is 4.98 Å². The van der Waals surface area contributed by atoms with Crippen LogP contribution >= 0.6 is 11.3 Å². The maximum absolute atomic E-state index is 6.38. The molecule has 5 heteroatoms. The maximum Gasteiger partial charge on any atom is 0.106 e. The number of benzene rings is 1. The van der Waals surface area contributed by atoms with Gasteiger partial charge in [0.2, 0.25) is 0 Å². The van der Waals surface area contributed by atoms with Crippen LogP contribution in [0.25, 0.3) is 10.2 Å². The monoisotopic (exact) mass is 288 g/mol. The number of nitrogen functional groups attached to an aromatic ring is 1. The van der Waals surface area contributed by atoms with E-state index in [9.17, 15) is 0 Å². The summed E-state index contributed by atoms with van der Waals surface area (Å²) in [5.41, 5.74) is 11.2. The number of nitrogens with zero attached hydrogens (tertiary/aromatic N) is 3. The van der Waals surface area contributed by atoms with Gasteiger partial charge in [-0.05, 0) is 38.4 Å². The van der Waals surface area contributed by atoms with Crippen molar-refractivity contribution in [3.63, 3.8) is 0 Å². The smallest absolute Gasteiger partial charge is 0.106 e. The van der Waals surface area contributed by atoms with E-state index in [0.29, 0.717) is 12.1 Å². The molecular formula is C15H20N4S. The fraction of sp³-hybridized carbons (Fsp3) is 0.533. The van der Waals surface area contributed by atoms with Crippen LogP contribution in [0.4, 0.5) is 11.4 Å². The molecule has 2 fully saturated rings. The molecule has 0 radical (unpaired) electrons. The molecule has 2 aliphatic rings. The second-order valence-electron chi connectivity index (χ2n) is 5.99. The van der Waals surface area contributed by atoms with Gasteiger partial charge in [-0.3, -0.25) is 4.90 Å². The molecule has 2 aromatic rings. The van der Waals surface area contributed by atoms with Crippen molar-refractivity contribution in [2.45, 2.75) is 31.8 Å². The number of rotatable bonds is 1. The van der Waals surface area contributed by atoms with E-state index in [2.05, 4.69) is 33.8 Å². The van der Waals surface area contributed by atoms with Crippen LogP contribution in [0.2, 0.25) is 0 Å². The zero-order valence-electron chi connectivity index (χ0n) is 11.7. The van der Waals surface area contributed by atoms with E-state index in [1.165, 1.54) is 29.8 Å². The summed E-state index contributed by atoms with van der Waals surface area (Å²) >= 11 is 1.66. The van der Waals surface area contributed by atoms with E-state index < -0.39 is 0 Å². The van der Waals surface area contributed by atoms with Crippen LogP contribution in [-0.4, -0.2) is 41.6 Å². The molecule has 0 amide bonds. The van der Waals surface area contributed by atoms with Gasteiger partial charge in [0.1, 0.15) is 5.52 Å². The molecule has 1 aromatic carbocycles. The molecule has 0 aliphatic carbocycles. The van der Waals surface area contributed by atoms with Crippen molar-refractivity contribution in [1.29, 1.82) is 0 Å². The number of nitrogens with two attached hydrogens (primary N) is 1. The predicted octanol–water partition coefficient (Wildman–Crippen LogP) is 2.55. The van der Waals surface area contributed by atoms with Crippen LogP contribution in [-0.2, 0) is 0 Å². The highest BCUT2D eigenvalue weighted by Crippen LogP contribution is 2.36. The number of aromatic nitrogens is 1. The summed E-state index contributed by atoms with van der Waals surface area (Å²) in [4.78, 5) is 9.55. The third kappa shape index (κ3) is 1.80. The van der Waals surface area contributed by atoms with Gasteiger partial charge >= 0.3 is 0 Å². The van der Waals surface area contributed by atoms with E-state index in [1.807, 2.05) is 5.51 Å². The molecule has 3 heterocycles. The zero-order chi connectivity index (χ0) is 13.7. The van der Waals surface area contributed by atoms with E-state index in [-0.39, 0.29) is 0 Å². The summed E-state index contributed by atoms with van der Waals surface area (Å²) < 4.78 is 1.18. The Morgan fingerprint density at radius 2 is 2.25 bits per heavy atom. The number of anilines is 2. The molecule has 2 aliphatic heterocycles. The number of fused-ring (bicyclic) bond motifs is 2. The topological polar surface area (TPSA) is 45.4 Å². The van der Waals surface area contributed by atoms with Gasteiger partial charge in [0.25, 0.3) is 0 Å². The minimum Gasteiger partial charge on any atom is -0.395 e. The molecule has 2 N–H and O–H groups in total. The number of thiazole rings is 1. The lowest BCUT2D eigenvalue weighted by molar-refractivity contribution is 0.203. The Bertz CT molecular complexity index is 638. The first-order chi connectivity index (χ1) is 9.74. The van der Waals surface area contributed by atoms with E-state index >= 15 is 0 Å². The van der Waals surface area contributed by atoms with Crippen LogP contribution in [0.5, 0.6) is 0 Å². The molecule has 0 bridgehead atoms. The SMILES string of the molecule is CC1CN2CCCC2CN1c1ccc2scnc2c1N. The highest BCUT2D eigenvalue weighted by atomic mass is 32.1. The van der Waals surface area contributed by atoms with Crippen LogP contribution in [0, 0.1) is 0 Å². The lowest BCUT2D eigenvalue weighted by atomic mass is 10.1. The van der Waals surface area contributed by atoms with E-state index in [4.69, 9.17) is 5.73 Å². The van der Waals surface area contributed by atoms with Crippen molar-refractivity contribution in [3.8, 4) is 0 Å². The average Bonchev–Trinajstić information content (AvgIpc) is 3.06. The van der Waals surface area contributed by atoms with Crippen molar-refractivity contribution < 1.29 is 0 Å². The van der Waals surface area contributed by atoms with Gasteiger partial charge in [-0.2, -0.15) is 0 Å². The molecule has 2 saturated heterocycles. The van der Waals surface area contributed by atoms with Crippen molar-refractivity contribution >= 4 is 32.9 Å². The number of hydrogen-bond donors (Lipinski definition) is 1. The first-order valence-electron chi connectivity index (χ1n) is 7.36. The first-order valence-corrected chi connectivity index (χ1v) is 8.24. The minimum absolute atomic E-state index is 0.516. The standard InChI is InChI=1S/C15H20N4S/c1-10-7-18-6-2-3-11(18)8-19(10)12-4-5-13-15(14(12)16)17-9-20-13/h4-5,9-11H,2-3,6-8,16H2,1H3. The minimum atomic E-state index is 0.516. The molecule has 20 heavy (non-hydrogen) atoms. The Labute approximate surface area is 123 Å². The number of piperazine rings is 1. The van der Waals surface area contributed by atoms with Crippen molar-refractivity contribution in [3.05, 3.63) is 17.6 Å². The van der Waals surface area contributed by atoms with E-state index in [1.54, 1.807) is 11.3 Å². The quantitative estimate of drug-likeness (QED) is 0.819. The van der Waals surface area contributed by atoms with Gasteiger partial charge in [0.05, 0.1) is 21.6 Å². The normalized spacial score (nSPS) is 27.1. The Hall–Kier alpha value is -1.33. The zero-order valence-corrected chi connectivity index (χ0v) is 12.6. The molecule has 0 saturated carbocycles.